The lowest BCUT2D eigenvalue weighted by atomic mass is 10.1. The van der Waals surface area contributed by atoms with Crippen LogP contribution in [-0.4, -0.2) is 17.7 Å². The zero-order valence-corrected chi connectivity index (χ0v) is 5.13. The van der Waals surface area contributed by atoms with Gasteiger partial charge < -0.3 is 5.11 Å². The molecule has 0 aliphatic carbocycles. The van der Waals surface area contributed by atoms with Crippen LogP contribution >= 0.6 is 0 Å². The van der Waals surface area contributed by atoms with E-state index in [-0.39, 0.29) is 6.61 Å². The Labute approximate surface area is 52.3 Å². The van der Waals surface area contributed by atoms with E-state index in [2.05, 4.69) is 4.94 Å². The van der Waals surface area contributed by atoms with Crippen LogP contribution in [0.1, 0.15) is 13.3 Å². The molecular formula is C5H9FO3. The molecule has 0 saturated carbocycles. The third kappa shape index (κ3) is 2.41. The number of hydrogen-bond donors (Lipinski definition) is 1. The molecule has 0 saturated heterocycles. The Balaban J connectivity index is 3.64. The lowest BCUT2D eigenvalue weighted by molar-refractivity contribution is -0.190. The fourth-order valence-electron chi connectivity index (χ4n) is 0.433. The van der Waals surface area contributed by atoms with Crippen molar-refractivity contribution in [2.75, 3.05) is 6.61 Å². The van der Waals surface area contributed by atoms with E-state index in [9.17, 15) is 9.32 Å². The molecule has 0 aromatic rings. The number of rotatable bonds is 3. The summed E-state index contributed by atoms with van der Waals surface area (Å²) in [5.41, 5.74) is 0. The Kier molecular flexibility index (Phi) is 3.96. The highest BCUT2D eigenvalue weighted by molar-refractivity contribution is 5.71. The van der Waals surface area contributed by atoms with Gasteiger partial charge in [0.15, 0.2) is 0 Å². The Morgan fingerprint density at radius 2 is 2.44 bits per heavy atom. The highest BCUT2D eigenvalue weighted by Gasteiger charge is 2.16. The topological polar surface area (TPSA) is 46.5 Å². The standard InChI is InChI=1S/C5H9FO3/c1-2-4(3-7)5(8)9-6/h4,7H,2-3H2,1H3. The molecule has 0 rings (SSSR count). The molecular weight excluding hydrogens is 127 g/mol. The number of carbonyl (C=O) groups is 1. The number of aliphatic hydroxyl groups is 1. The molecule has 0 amide bonds. The first kappa shape index (κ1) is 8.36. The van der Waals surface area contributed by atoms with Crippen molar-refractivity contribution in [1.29, 1.82) is 0 Å². The van der Waals surface area contributed by atoms with Crippen LogP contribution in [0.3, 0.4) is 0 Å². The number of aliphatic hydroxyl groups excluding tert-OH is 1. The van der Waals surface area contributed by atoms with Crippen molar-refractivity contribution >= 4 is 5.97 Å². The van der Waals surface area contributed by atoms with Gasteiger partial charge in [0.2, 0.25) is 0 Å². The Hall–Kier alpha value is -0.640. The number of hydrogen-bond acceptors (Lipinski definition) is 3. The maximum Gasteiger partial charge on any atom is 0.354 e. The maximum absolute atomic E-state index is 11.1. The Morgan fingerprint density at radius 1 is 1.89 bits per heavy atom. The lowest BCUT2D eigenvalue weighted by Crippen LogP contribution is -2.17. The SMILES string of the molecule is CCC(CO)C(=O)OF. The quantitative estimate of drug-likeness (QED) is 0.612. The molecule has 0 aromatic carbocycles. The summed E-state index contributed by atoms with van der Waals surface area (Å²) in [5.74, 6) is -1.71. The third-order valence-electron chi connectivity index (χ3n) is 1.12. The molecule has 4 heteroatoms. The summed E-state index contributed by atoms with van der Waals surface area (Å²) < 4.78 is 11.1. The Bertz CT molecular complexity index is 90.2. The highest BCUT2D eigenvalue weighted by Crippen LogP contribution is 2.03. The fraction of sp³-hybridized carbons (Fsp3) is 0.800. The van der Waals surface area contributed by atoms with Gasteiger partial charge in [0, 0.05) is 4.53 Å². The summed E-state index contributed by atoms with van der Waals surface area (Å²) in [6, 6.07) is 0. The van der Waals surface area contributed by atoms with Gasteiger partial charge in [-0.2, -0.15) is 0 Å². The van der Waals surface area contributed by atoms with Crippen molar-refractivity contribution in [2.45, 2.75) is 13.3 Å². The molecule has 0 radical (unpaired) electrons. The molecule has 0 heterocycles. The number of carbonyl (C=O) groups excluding carboxylic acids is 1. The van der Waals surface area contributed by atoms with Gasteiger partial charge in [-0.15, -0.1) is 0 Å². The fourth-order valence-corrected chi connectivity index (χ4v) is 0.433. The van der Waals surface area contributed by atoms with Crippen LogP contribution in [-0.2, 0) is 9.74 Å². The molecule has 1 atom stereocenters. The number of halogens is 1. The van der Waals surface area contributed by atoms with Gasteiger partial charge in [-0.25, -0.2) is 4.79 Å². The van der Waals surface area contributed by atoms with E-state index >= 15 is 0 Å². The minimum atomic E-state index is -1.000. The van der Waals surface area contributed by atoms with Crippen LogP contribution < -0.4 is 0 Å². The predicted molar refractivity (Wildman–Crippen MR) is 28.1 cm³/mol. The molecule has 0 fully saturated rings. The first-order valence-corrected chi connectivity index (χ1v) is 2.69. The van der Waals surface area contributed by atoms with E-state index in [1.165, 1.54) is 0 Å². The maximum atomic E-state index is 11.1. The first-order valence-electron chi connectivity index (χ1n) is 2.69. The molecule has 0 aromatic heterocycles. The molecule has 0 bridgehead atoms. The third-order valence-corrected chi connectivity index (χ3v) is 1.12. The van der Waals surface area contributed by atoms with Crippen molar-refractivity contribution in [3.8, 4) is 0 Å². The molecule has 1 N–H and O–H groups in total. The van der Waals surface area contributed by atoms with Crippen LogP contribution in [0, 0.1) is 5.92 Å². The molecule has 0 spiro atoms. The van der Waals surface area contributed by atoms with Crippen LogP contribution in [0.25, 0.3) is 0 Å². The van der Waals surface area contributed by atoms with Gasteiger partial charge in [-0.05, 0) is 6.42 Å². The minimum Gasteiger partial charge on any atom is -0.395 e. The second-order valence-electron chi connectivity index (χ2n) is 1.68. The van der Waals surface area contributed by atoms with E-state index < -0.39 is 11.9 Å². The summed E-state index contributed by atoms with van der Waals surface area (Å²) >= 11 is 0. The van der Waals surface area contributed by atoms with E-state index in [1.54, 1.807) is 6.92 Å². The lowest BCUT2D eigenvalue weighted by Gasteiger charge is -2.03. The van der Waals surface area contributed by atoms with Crippen molar-refractivity contribution in [3.05, 3.63) is 0 Å². The van der Waals surface area contributed by atoms with Crippen molar-refractivity contribution in [1.82, 2.24) is 0 Å². The highest BCUT2D eigenvalue weighted by atomic mass is 19.3. The van der Waals surface area contributed by atoms with Crippen molar-refractivity contribution in [3.63, 3.8) is 0 Å². The van der Waals surface area contributed by atoms with Crippen molar-refractivity contribution < 1.29 is 19.4 Å². The molecule has 54 valence electrons. The molecule has 3 nitrogen and oxygen atoms in total. The van der Waals surface area contributed by atoms with Gasteiger partial charge in [0.05, 0.1) is 12.5 Å². The summed E-state index contributed by atoms with van der Waals surface area (Å²) in [4.78, 5) is 13.1. The van der Waals surface area contributed by atoms with Crippen LogP contribution in [0.5, 0.6) is 0 Å². The van der Waals surface area contributed by atoms with Crippen molar-refractivity contribution in [2.24, 2.45) is 5.92 Å². The zero-order chi connectivity index (χ0) is 7.28. The predicted octanol–water partition coefficient (Wildman–Crippen LogP) is 0.433. The average molecular weight is 136 g/mol. The molecule has 0 aliphatic rings. The van der Waals surface area contributed by atoms with E-state index in [1.807, 2.05) is 0 Å². The zero-order valence-electron chi connectivity index (χ0n) is 5.13. The minimum absolute atomic E-state index is 0.362. The molecule has 0 aliphatic heterocycles. The van der Waals surface area contributed by atoms with E-state index in [0.29, 0.717) is 6.42 Å². The molecule has 9 heavy (non-hydrogen) atoms. The molecule has 1 unspecified atom stereocenters. The average Bonchev–Trinajstić information content (AvgIpc) is 1.90. The normalized spacial score (nSPS) is 12.8. The monoisotopic (exact) mass is 136 g/mol. The Morgan fingerprint density at radius 3 is 2.56 bits per heavy atom. The smallest absolute Gasteiger partial charge is 0.354 e. The van der Waals surface area contributed by atoms with Gasteiger partial charge in [0.25, 0.3) is 0 Å². The second-order valence-corrected chi connectivity index (χ2v) is 1.68. The van der Waals surface area contributed by atoms with Gasteiger partial charge in [-0.3, -0.25) is 4.94 Å². The second kappa shape index (κ2) is 4.26. The summed E-state index contributed by atoms with van der Waals surface area (Å²) in [5, 5.41) is 8.36. The largest absolute Gasteiger partial charge is 0.395 e. The van der Waals surface area contributed by atoms with Gasteiger partial charge in [-0.1, -0.05) is 6.92 Å². The van der Waals surface area contributed by atoms with Crippen LogP contribution in [0.4, 0.5) is 4.53 Å². The van der Waals surface area contributed by atoms with Crippen LogP contribution in [0.15, 0.2) is 0 Å². The summed E-state index contributed by atoms with van der Waals surface area (Å²) in [6.45, 7) is 1.30. The van der Waals surface area contributed by atoms with E-state index in [4.69, 9.17) is 5.11 Å². The first-order chi connectivity index (χ1) is 4.26. The van der Waals surface area contributed by atoms with Gasteiger partial charge in [0.1, 0.15) is 0 Å². The van der Waals surface area contributed by atoms with Crippen LogP contribution in [0.2, 0.25) is 0 Å². The van der Waals surface area contributed by atoms with E-state index in [0.717, 1.165) is 0 Å². The van der Waals surface area contributed by atoms with Gasteiger partial charge >= 0.3 is 5.97 Å². The summed E-state index contributed by atoms with van der Waals surface area (Å²) in [7, 11) is 0. The summed E-state index contributed by atoms with van der Waals surface area (Å²) in [6.07, 6.45) is 0.388.